The third-order valence-electron chi connectivity index (χ3n) is 3.66. The normalized spacial score (nSPS) is 10.9. The number of aromatic hydroxyl groups is 2. The fraction of sp³-hybridized carbons (Fsp3) is 0.200. The van der Waals surface area contributed by atoms with Gasteiger partial charge in [0.05, 0.1) is 10.7 Å². The van der Waals surface area contributed by atoms with Crippen LogP contribution in [0.1, 0.15) is 22.3 Å². The van der Waals surface area contributed by atoms with Gasteiger partial charge in [-0.2, -0.15) is 0 Å². The zero-order valence-electron chi connectivity index (χ0n) is 11.7. The molecule has 0 amide bonds. The van der Waals surface area contributed by atoms with E-state index in [1.165, 1.54) is 0 Å². The highest BCUT2D eigenvalue weighted by Crippen LogP contribution is 2.38. The van der Waals surface area contributed by atoms with E-state index < -0.39 is 5.82 Å². The van der Waals surface area contributed by atoms with Crippen LogP contribution in [-0.2, 0) is 6.42 Å². The summed E-state index contributed by atoms with van der Waals surface area (Å²) in [7, 11) is 0. The molecule has 0 saturated carbocycles. The summed E-state index contributed by atoms with van der Waals surface area (Å²) in [4.78, 5) is 0. The van der Waals surface area contributed by atoms with Gasteiger partial charge in [-0.05, 0) is 31.0 Å². The van der Waals surface area contributed by atoms with Gasteiger partial charge < -0.3 is 21.7 Å². The fourth-order valence-electron chi connectivity index (χ4n) is 2.18. The number of phenols is 2. The minimum Gasteiger partial charge on any atom is -0.508 e. The fourth-order valence-corrected chi connectivity index (χ4v) is 2.41. The summed E-state index contributed by atoms with van der Waals surface area (Å²) in [5.74, 6) is -1.02. The molecule has 0 atom stereocenters. The molecular weight excluding hydrogens is 295 g/mol. The lowest BCUT2D eigenvalue weighted by atomic mass is 9.96. The molecule has 2 aromatic carbocycles. The van der Waals surface area contributed by atoms with Crippen molar-refractivity contribution in [3.63, 3.8) is 0 Å². The number of hydrogen-bond acceptors (Lipinski definition) is 4. The molecular formula is C15H16ClFN2O2. The second-order valence-electron chi connectivity index (χ2n) is 4.98. The Morgan fingerprint density at radius 1 is 1.14 bits per heavy atom. The van der Waals surface area contributed by atoms with Crippen LogP contribution in [0.15, 0.2) is 12.1 Å². The van der Waals surface area contributed by atoms with Crippen LogP contribution >= 0.6 is 11.6 Å². The van der Waals surface area contributed by atoms with Crippen molar-refractivity contribution >= 4 is 23.0 Å². The summed E-state index contributed by atoms with van der Waals surface area (Å²) < 4.78 is 13.4. The van der Waals surface area contributed by atoms with Crippen molar-refractivity contribution in [2.75, 3.05) is 11.5 Å². The van der Waals surface area contributed by atoms with Gasteiger partial charge in [-0.3, -0.25) is 0 Å². The highest BCUT2D eigenvalue weighted by atomic mass is 35.5. The van der Waals surface area contributed by atoms with E-state index in [-0.39, 0.29) is 28.6 Å². The number of hydrogen-bond donors (Lipinski definition) is 4. The Hall–Kier alpha value is -2.14. The molecule has 0 fully saturated rings. The van der Waals surface area contributed by atoms with Gasteiger partial charge in [-0.1, -0.05) is 11.6 Å². The van der Waals surface area contributed by atoms with Crippen LogP contribution in [0.5, 0.6) is 11.5 Å². The minimum atomic E-state index is -0.681. The van der Waals surface area contributed by atoms with Crippen LogP contribution in [0.3, 0.4) is 0 Å². The van der Waals surface area contributed by atoms with Crippen molar-refractivity contribution in [2.24, 2.45) is 0 Å². The van der Waals surface area contributed by atoms with Gasteiger partial charge in [0.1, 0.15) is 17.3 Å². The maximum atomic E-state index is 13.4. The highest BCUT2D eigenvalue weighted by Gasteiger charge is 2.17. The van der Waals surface area contributed by atoms with Gasteiger partial charge in [0.15, 0.2) is 0 Å². The summed E-state index contributed by atoms with van der Waals surface area (Å²) in [6, 6.07) is 2.53. The average molecular weight is 311 g/mol. The number of nitrogens with two attached hydrogens (primary N) is 2. The summed E-state index contributed by atoms with van der Waals surface area (Å²) in [6.45, 7) is 3.30. The van der Waals surface area contributed by atoms with E-state index in [0.29, 0.717) is 27.9 Å². The molecule has 0 aliphatic heterocycles. The third-order valence-corrected chi connectivity index (χ3v) is 4.12. The van der Waals surface area contributed by atoms with E-state index in [9.17, 15) is 14.6 Å². The van der Waals surface area contributed by atoms with Crippen molar-refractivity contribution < 1.29 is 14.6 Å². The molecule has 0 aromatic heterocycles. The first-order valence-corrected chi connectivity index (χ1v) is 6.64. The van der Waals surface area contributed by atoms with E-state index >= 15 is 0 Å². The highest BCUT2D eigenvalue weighted by molar-refractivity contribution is 6.33. The molecule has 21 heavy (non-hydrogen) atoms. The maximum Gasteiger partial charge on any atom is 0.150 e. The summed E-state index contributed by atoms with van der Waals surface area (Å²) in [5, 5.41) is 20.2. The Morgan fingerprint density at radius 3 is 2.38 bits per heavy atom. The first-order valence-electron chi connectivity index (χ1n) is 6.26. The smallest absolute Gasteiger partial charge is 0.150 e. The Kier molecular flexibility index (Phi) is 3.87. The quantitative estimate of drug-likeness (QED) is 0.506. The lowest BCUT2D eigenvalue weighted by molar-refractivity contribution is 0.459. The van der Waals surface area contributed by atoms with E-state index in [0.717, 1.165) is 6.07 Å². The predicted molar refractivity (Wildman–Crippen MR) is 82.3 cm³/mol. The zero-order valence-corrected chi connectivity index (χ0v) is 12.4. The van der Waals surface area contributed by atoms with E-state index in [2.05, 4.69) is 0 Å². The second kappa shape index (κ2) is 5.33. The van der Waals surface area contributed by atoms with Crippen molar-refractivity contribution in [2.45, 2.75) is 20.3 Å². The molecule has 112 valence electrons. The number of halogens is 2. The van der Waals surface area contributed by atoms with E-state index in [4.69, 9.17) is 23.1 Å². The molecule has 0 spiro atoms. The largest absolute Gasteiger partial charge is 0.508 e. The molecule has 0 radical (unpaired) electrons. The molecule has 2 rings (SSSR count). The SMILES string of the molecule is Cc1c(N)cc(Cc2c(O)cc(F)c(N)c2C)c(O)c1Cl. The summed E-state index contributed by atoms with van der Waals surface area (Å²) in [5.41, 5.74) is 13.7. The van der Waals surface area contributed by atoms with Gasteiger partial charge in [0.2, 0.25) is 0 Å². The lowest BCUT2D eigenvalue weighted by Crippen LogP contribution is -2.02. The lowest BCUT2D eigenvalue weighted by Gasteiger charge is -2.15. The number of rotatable bonds is 2. The van der Waals surface area contributed by atoms with Gasteiger partial charge in [0.25, 0.3) is 0 Å². The Labute approximate surface area is 126 Å². The Bertz CT molecular complexity index is 733. The van der Waals surface area contributed by atoms with E-state index in [1.807, 2.05) is 0 Å². The van der Waals surface area contributed by atoms with Gasteiger partial charge in [-0.25, -0.2) is 4.39 Å². The van der Waals surface area contributed by atoms with Crippen LogP contribution in [0.25, 0.3) is 0 Å². The standard InChI is InChI=1S/C15H16ClFN2O2/c1-6-9(12(20)5-10(17)14(6)19)3-8-4-11(18)7(2)13(16)15(8)21/h4-5,20-21H,3,18-19H2,1-2H3. The topological polar surface area (TPSA) is 92.5 Å². The molecule has 0 saturated heterocycles. The first kappa shape index (κ1) is 15.3. The van der Waals surface area contributed by atoms with Gasteiger partial charge >= 0.3 is 0 Å². The van der Waals surface area contributed by atoms with Crippen molar-refractivity contribution in [1.29, 1.82) is 0 Å². The predicted octanol–water partition coefficient (Wildman–Crippen LogP) is 3.26. The Balaban J connectivity index is 2.56. The Morgan fingerprint density at radius 2 is 1.76 bits per heavy atom. The second-order valence-corrected chi connectivity index (χ2v) is 5.36. The number of anilines is 2. The van der Waals surface area contributed by atoms with Crippen LogP contribution < -0.4 is 11.5 Å². The third kappa shape index (κ3) is 2.56. The van der Waals surface area contributed by atoms with Gasteiger partial charge in [0, 0.05) is 29.3 Å². The summed E-state index contributed by atoms with van der Waals surface area (Å²) >= 11 is 6.01. The van der Waals surface area contributed by atoms with Crippen molar-refractivity contribution in [1.82, 2.24) is 0 Å². The van der Waals surface area contributed by atoms with Gasteiger partial charge in [-0.15, -0.1) is 0 Å². The number of benzene rings is 2. The maximum absolute atomic E-state index is 13.4. The molecule has 4 nitrogen and oxygen atoms in total. The van der Waals surface area contributed by atoms with Crippen LogP contribution in [0.4, 0.5) is 15.8 Å². The molecule has 0 unspecified atom stereocenters. The molecule has 6 heteroatoms. The molecule has 0 aliphatic carbocycles. The minimum absolute atomic E-state index is 0.0338. The average Bonchev–Trinajstić information content (AvgIpc) is 2.44. The van der Waals surface area contributed by atoms with Crippen molar-refractivity contribution in [3.05, 3.63) is 45.2 Å². The number of nitrogen functional groups attached to an aromatic ring is 2. The van der Waals surface area contributed by atoms with Crippen LogP contribution in [-0.4, -0.2) is 10.2 Å². The molecule has 0 aliphatic rings. The molecule has 2 aromatic rings. The van der Waals surface area contributed by atoms with Crippen LogP contribution in [0.2, 0.25) is 5.02 Å². The molecule has 0 bridgehead atoms. The van der Waals surface area contributed by atoms with E-state index in [1.54, 1.807) is 19.9 Å². The van der Waals surface area contributed by atoms with Crippen LogP contribution in [0, 0.1) is 19.7 Å². The zero-order chi connectivity index (χ0) is 15.9. The first-order chi connectivity index (χ1) is 9.73. The summed E-state index contributed by atoms with van der Waals surface area (Å²) in [6.07, 6.45) is 0.137. The number of phenolic OH excluding ortho intramolecular Hbond substituents is 2. The van der Waals surface area contributed by atoms with Crippen molar-refractivity contribution in [3.8, 4) is 11.5 Å². The molecule has 0 heterocycles. The monoisotopic (exact) mass is 310 g/mol. The molecule has 6 N–H and O–H groups in total.